The number of ketones is 1. The first kappa shape index (κ1) is 23.7. The lowest BCUT2D eigenvalue weighted by atomic mass is 9.73. The van der Waals surface area contributed by atoms with Crippen LogP contribution in [0.1, 0.15) is 99.6 Å². The minimum Gasteiger partial charge on any atom is -0.460 e. The van der Waals surface area contributed by atoms with E-state index in [1.807, 2.05) is 20.8 Å². The number of aromatic nitrogens is 3. The van der Waals surface area contributed by atoms with Crippen LogP contribution in [-0.2, 0) is 27.2 Å². The van der Waals surface area contributed by atoms with Crippen molar-refractivity contribution < 1.29 is 14.3 Å². The molecule has 0 unspecified atom stereocenters. The molecule has 4 rings (SSSR count). The van der Waals surface area contributed by atoms with Crippen LogP contribution in [-0.4, -0.2) is 32.1 Å². The number of aryl methyl sites for hydroxylation is 3. The SMILES string of the molecule is Cc1ccc(CC(=O)CCc2nnc(C3CC(CC(=O)OC(C)(C)C)C3)n2C2CC2)c(C)c1. The van der Waals surface area contributed by atoms with Gasteiger partial charge < -0.3 is 9.30 Å². The van der Waals surface area contributed by atoms with Crippen LogP contribution < -0.4 is 0 Å². The van der Waals surface area contributed by atoms with Gasteiger partial charge in [-0.15, -0.1) is 10.2 Å². The van der Waals surface area contributed by atoms with Gasteiger partial charge in [0.15, 0.2) is 0 Å². The molecule has 178 valence electrons. The van der Waals surface area contributed by atoms with Crippen molar-refractivity contribution in [3.63, 3.8) is 0 Å². The van der Waals surface area contributed by atoms with E-state index in [0.29, 0.717) is 43.6 Å². The van der Waals surface area contributed by atoms with E-state index in [2.05, 4.69) is 46.8 Å². The number of carbonyl (C=O) groups excluding carboxylic acids is 2. The van der Waals surface area contributed by atoms with Crippen LogP contribution in [0.15, 0.2) is 18.2 Å². The second kappa shape index (κ2) is 9.40. The molecular formula is C27H37N3O3. The van der Waals surface area contributed by atoms with Gasteiger partial charge in [0, 0.05) is 37.6 Å². The summed E-state index contributed by atoms with van der Waals surface area (Å²) in [6.45, 7) is 9.85. The van der Waals surface area contributed by atoms with Crippen LogP contribution in [0, 0.1) is 19.8 Å². The lowest BCUT2D eigenvalue weighted by Gasteiger charge is -2.35. The van der Waals surface area contributed by atoms with Crippen LogP contribution in [0.5, 0.6) is 0 Å². The first-order valence-corrected chi connectivity index (χ1v) is 12.3. The Hall–Kier alpha value is -2.50. The lowest BCUT2D eigenvalue weighted by molar-refractivity contribution is -0.156. The Morgan fingerprint density at radius 3 is 2.48 bits per heavy atom. The normalized spacial score (nSPS) is 20.4. The second-order valence-corrected chi connectivity index (χ2v) is 11.0. The summed E-state index contributed by atoms with van der Waals surface area (Å²) in [5.74, 6) is 2.83. The van der Waals surface area contributed by atoms with E-state index in [0.717, 1.165) is 42.9 Å². The Labute approximate surface area is 197 Å². The lowest BCUT2D eigenvalue weighted by Crippen LogP contribution is -2.30. The first-order chi connectivity index (χ1) is 15.6. The highest BCUT2D eigenvalue weighted by Gasteiger charge is 2.39. The van der Waals surface area contributed by atoms with E-state index < -0.39 is 5.60 Å². The zero-order valence-corrected chi connectivity index (χ0v) is 20.7. The minimum atomic E-state index is -0.434. The molecule has 0 bridgehead atoms. The Morgan fingerprint density at radius 1 is 1.12 bits per heavy atom. The quantitative estimate of drug-likeness (QED) is 0.490. The monoisotopic (exact) mass is 451 g/mol. The Balaban J connectivity index is 1.32. The van der Waals surface area contributed by atoms with Crippen LogP contribution in [0.4, 0.5) is 0 Å². The highest BCUT2D eigenvalue weighted by molar-refractivity contribution is 5.81. The summed E-state index contributed by atoms with van der Waals surface area (Å²) in [6.07, 6.45) is 6.30. The largest absolute Gasteiger partial charge is 0.460 e. The number of rotatable bonds is 9. The highest BCUT2D eigenvalue weighted by Crippen LogP contribution is 2.46. The summed E-state index contributed by atoms with van der Waals surface area (Å²) >= 11 is 0. The third kappa shape index (κ3) is 6.10. The molecule has 0 amide bonds. The standard InChI is InChI=1S/C27H37N3O3/c1-17-6-7-20(18(2)12-17)16-23(31)10-11-24-28-29-26(30(24)22-8-9-22)21-13-19(14-21)15-25(32)33-27(3,4)5/h6-7,12,19,21-22H,8-11,13-16H2,1-5H3. The summed E-state index contributed by atoms with van der Waals surface area (Å²) < 4.78 is 7.77. The van der Waals surface area contributed by atoms with Crippen LogP contribution >= 0.6 is 0 Å². The Kier molecular flexibility index (Phi) is 6.73. The number of hydrogen-bond acceptors (Lipinski definition) is 5. The topological polar surface area (TPSA) is 74.1 Å². The van der Waals surface area contributed by atoms with Crippen LogP contribution in [0.25, 0.3) is 0 Å². The van der Waals surface area contributed by atoms with Crippen LogP contribution in [0.2, 0.25) is 0 Å². The summed E-state index contributed by atoms with van der Waals surface area (Å²) in [6, 6.07) is 6.75. The molecule has 2 fully saturated rings. The number of benzene rings is 1. The van der Waals surface area contributed by atoms with Gasteiger partial charge in [-0.25, -0.2) is 0 Å². The van der Waals surface area contributed by atoms with Gasteiger partial charge in [-0.3, -0.25) is 9.59 Å². The summed E-state index contributed by atoms with van der Waals surface area (Å²) in [7, 11) is 0. The molecule has 1 aromatic carbocycles. The molecule has 0 saturated heterocycles. The Bertz CT molecular complexity index is 1020. The molecule has 33 heavy (non-hydrogen) atoms. The van der Waals surface area contributed by atoms with Gasteiger partial charge >= 0.3 is 5.97 Å². The molecule has 1 aromatic heterocycles. The predicted molar refractivity (Wildman–Crippen MR) is 127 cm³/mol. The first-order valence-electron chi connectivity index (χ1n) is 12.3. The van der Waals surface area contributed by atoms with Crippen molar-refractivity contribution in [3.05, 3.63) is 46.5 Å². The van der Waals surface area contributed by atoms with Crippen molar-refractivity contribution in [2.75, 3.05) is 0 Å². The number of nitrogens with zero attached hydrogens (tertiary/aromatic N) is 3. The molecule has 6 nitrogen and oxygen atoms in total. The average Bonchev–Trinajstić information content (AvgIpc) is 3.43. The fourth-order valence-electron chi connectivity index (χ4n) is 4.85. The fraction of sp³-hybridized carbons (Fsp3) is 0.630. The van der Waals surface area contributed by atoms with Crippen molar-refractivity contribution >= 4 is 11.8 Å². The fourth-order valence-corrected chi connectivity index (χ4v) is 4.85. The molecule has 2 aliphatic rings. The maximum Gasteiger partial charge on any atom is 0.306 e. The van der Waals surface area contributed by atoms with E-state index in [4.69, 9.17) is 4.74 Å². The molecule has 0 spiro atoms. The van der Waals surface area contributed by atoms with Crippen molar-refractivity contribution in [3.8, 4) is 0 Å². The average molecular weight is 452 g/mol. The minimum absolute atomic E-state index is 0.113. The van der Waals surface area contributed by atoms with Gasteiger partial charge in [-0.2, -0.15) is 0 Å². The van der Waals surface area contributed by atoms with Crippen LogP contribution in [0.3, 0.4) is 0 Å². The van der Waals surface area contributed by atoms with Crippen molar-refractivity contribution in [2.45, 2.75) is 104 Å². The Morgan fingerprint density at radius 2 is 1.85 bits per heavy atom. The van der Waals surface area contributed by atoms with Crippen molar-refractivity contribution in [1.29, 1.82) is 0 Å². The van der Waals surface area contributed by atoms with Gasteiger partial charge in [0.2, 0.25) is 0 Å². The van der Waals surface area contributed by atoms with E-state index in [-0.39, 0.29) is 11.8 Å². The molecule has 0 radical (unpaired) electrons. The summed E-state index contributed by atoms with van der Waals surface area (Å²) in [4.78, 5) is 24.8. The maximum absolute atomic E-state index is 12.7. The molecular weight excluding hydrogens is 414 g/mol. The number of carbonyl (C=O) groups is 2. The predicted octanol–water partition coefficient (Wildman–Crippen LogP) is 5.20. The van der Waals surface area contributed by atoms with Gasteiger partial charge in [0.25, 0.3) is 0 Å². The third-order valence-electron chi connectivity index (χ3n) is 6.69. The van der Waals surface area contributed by atoms with Gasteiger partial charge in [-0.05, 0) is 77.3 Å². The molecule has 0 N–H and O–H groups in total. The zero-order valence-electron chi connectivity index (χ0n) is 20.7. The highest BCUT2D eigenvalue weighted by atomic mass is 16.6. The molecule has 2 aliphatic carbocycles. The molecule has 0 atom stereocenters. The van der Waals surface area contributed by atoms with E-state index in [1.54, 1.807) is 0 Å². The number of esters is 1. The van der Waals surface area contributed by atoms with Crippen molar-refractivity contribution in [1.82, 2.24) is 14.8 Å². The van der Waals surface area contributed by atoms with Crippen molar-refractivity contribution in [2.24, 2.45) is 5.92 Å². The molecule has 0 aliphatic heterocycles. The van der Waals surface area contributed by atoms with E-state index in [1.165, 1.54) is 11.1 Å². The second-order valence-electron chi connectivity index (χ2n) is 11.0. The summed E-state index contributed by atoms with van der Waals surface area (Å²) in [5, 5.41) is 9.04. The number of hydrogen-bond donors (Lipinski definition) is 0. The van der Waals surface area contributed by atoms with E-state index >= 15 is 0 Å². The summed E-state index contributed by atoms with van der Waals surface area (Å²) in [5.41, 5.74) is 3.08. The smallest absolute Gasteiger partial charge is 0.306 e. The van der Waals surface area contributed by atoms with Gasteiger partial charge in [0.05, 0.1) is 0 Å². The molecule has 1 heterocycles. The molecule has 2 aromatic rings. The third-order valence-corrected chi connectivity index (χ3v) is 6.69. The maximum atomic E-state index is 12.7. The van der Waals surface area contributed by atoms with Gasteiger partial charge in [-0.1, -0.05) is 23.8 Å². The number of Topliss-reactive ketones (excluding diaryl/α,β-unsaturated/α-hetero) is 1. The number of ether oxygens (including phenoxy) is 1. The molecule has 2 saturated carbocycles. The van der Waals surface area contributed by atoms with E-state index in [9.17, 15) is 9.59 Å². The van der Waals surface area contributed by atoms with Gasteiger partial charge in [0.1, 0.15) is 23.0 Å². The molecule has 6 heteroatoms. The zero-order chi connectivity index (χ0) is 23.8.